The fourth-order valence-corrected chi connectivity index (χ4v) is 2.96. The van der Waals surface area contributed by atoms with Gasteiger partial charge in [0, 0.05) is 24.1 Å². The Hall–Kier alpha value is -1.34. The van der Waals surface area contributed by atoms with Crippen LogP contribution in [-0.4, -0.2) is 24.1 Å². The van der Waals surface area contributed by atoms with Gasteiger partial charge >= 0.3 is 0 Å². The number of nitrogens with two attached hydrogens (primary N) is 1. The fraction of sp³-hybridized carbons (Fsp3) is 0.417. The zero-order valence-electron chi connectivity index (χ0n) is 9.31. The number of thioether (sulfide) groups is 1. The molecule has 1 atom stereocenters. The summed E-state index contributed by atoms with van der Waals surface area (Å²) in [7, 11) is 0. The van der Waals surface area contributed by atoms with E-state index in [1.807, 2.05) is 23.9 Å². The number of rotatable bonds is 1. The first-order valence-electron chi connectivity index (χ1n) is 5.37. The molecule has 2 N–H and O–H groups in total. The van der Waals surface area contributed by atoms with E-state index in [1.165, 1.54) is 0 Å². The zero-order valence-corrected chi connectivity index (χ0v) is 10.1. The van der Waals surface area contributed by atoms with Crippen molar-refractivity contribution in [2.45, 2.75) is 12.2 Å². The van der Waals surface area contributed by atoms with E-state index in [2.05, 4.69) is 17.9 Å². The number of nitrogen functional groups attached to an aromatic ring is 1. The van der Waals surface area contributed by atoms with E-state index in [4.69, 9.17) is 11.0 Å². The second kappa shape index (κ2) is 4.67. The smallest absolute Gasteiger partial charge is 0.0992 e. The van der Waals surface area contributed by atoms with Crippen molar-refractivity contribution in [3.8, 4) is 6.07 Å². The second-order valence-corrected chi connectivity index (χ2v) is 5.56. The molecule has 3 nitrogen and oxygen atoms in total. The van der Waals surface area contributed by atoms with Gasteiger partial charge < -0.3 is 10.6 Å². The summed E-state index contributed by atoms with van der Waals surface area (Å²) in [6, 6.07) is 7.64. The molecule has 0 bridgehead atoms. The molecule has 0 spiro atoms. The quantitative estimate of drug-likeness (QED) is 0.755. The number of anilines is 2. The van der Waals surface area contributed by atoms with Gasteiger partial charge in [0.15, 0.2) is 0 Å². The minimum absolute atomic E-state index is 0.626. The molecule has 1 aliphatic heterocycles. The Morgan fingerprint density at radius 3 is 3.00 bits per heavy atom. The van der Waals surface area contributed by atoms with Crippen molar-refractivity contribution in [1.82, 2.24) is 0 Å². The Balaban J connectivity index is 2.23. The molecule has 0 aliphatic carbocycles. The number of benzene rings is 1. The normalized spacial score (nSPS) is 20.5. The monoisotopic (exact) mass is 233 g/mol. The Morgan fingerprint density at radius 2 is 2.38 bits per heavy atom. The maximum Gasteiger partial charge on any atom is 0.0992 e. The van der Waals surface area contributed by atoms with Gasteiger partial charge in [0.25, 0.3) is 0 Å². The minimum Gasteiger partial charge on any atom is -0.397 e. The van der Waals surface area contributed by atoms with E-state index in [0.717, 1.165) is 24.5 Å². The number of nitrogens with zero attached hydrogens (tertiary/aromatic N) is 2. The van der Waals surface area contributed by atoms with Crippen LogP contribution in [0, 0.1) is 11.3 Å². The lowest BCUT2D eigenvalue weighted by Crippen LogP contribution is -2.37. The molecule has 1 aromatic rings. The maximum atomic E-state index is 8.78. The molecule has 4 heteroatoms. The van der Waals surface area contributed by atoms with Crippen molar-refractivity contribution < 1.29 is 0 Å². The lowest BCUT2D eigenvalue weighted by atomic mass is 10.1. The van der Waals surface area contributed by atoms with Gasteiger partial charge in [-0.3, -0.25) is 0 Å². The second-order valence-electron chi connectivity index (χ2n) is 4.01. The maximum absolute atomic E-state index is 8.78. The van der Waals surface area contributed by atoms with E-state index in [1.54, 1.807) is 6.07 Å². The fourth-order valence-electron chi connectivity index (χ4n) is 1.95. The van der Waals surface area contributed by atoms with Crippen LogP contribution in [0.1, 0.15) is 12.5 Å². The van der Waals surface area contributed by atoms with Crippen LogP contribution in [-0.2, 0) is 0 Å². The van der Waals surface area contributed by atoms with Gasteiger partial charge in [0.2, 0.25) is 0 Å². The molecular formula is C12H15N3S. The summed E-state index contributed by atoms with van der Waals surface area (Å²) < 4.78 is 0. The van der Waals surface area contributed by atoms with Crippen LogP contribution in [0.2, 0.25) is 0 Å². The predicted octanol–water partition coefficient (Wildman–Crippen LogP) is 2.08. The van der Waals surface area contributed by atoms with Gasteiger partial charge in [-0.2, -0.15) is 17.0 Å². The molecule has 1 heterocycles. The number of hydrogen-bond donors (Lipinski definition) is 1. The van der Waals surface area contributed by atoms with E-state index >= 15 is 0 Å². The lowest BCUT2D eigenvalue weighted by molar-refractivity contribution is 0.784. The Morgan fingerprint density at radius 1 is 1.56 bits per heavy atom. The first-order valence-corrected chi connectivity index (χ1v) is 6.42. The summed E-state index contributed by atoms with van der Waals surface area (Å²) in [5, 5.41) is 9.43. The standard InChI is InChI=1S/C12H15N3S/c1-9-8-15(4-5-16-9)12-3-2-10(7-13)6-11(12)14/h2-3,6,9H,4-5,8,14H2,1H3. The first-order chi connectivity index (χ1) is 7.70. The van der Waals surface area contributed by atoms with Crippen molar-refractivity contribution in [2.24, 2.45) is 0 Å². The lowest BCUT2D eigenvalue weighted by Gasteiger charge is -2.33. The predicted molar refractivity (Wildman–Crippen MR) is 69.7 cm³/mol. The van der Waals surface area contributed by atoms with Gasteiger partial charge in [-0.25, -0.2) is 0 Å². The highest BCUT2D eigenvalue weighted by Crippen LogP contribution is 2.28. The van der Waals surface area contributed by atoms with Gasteiger partial charge in [-0.1, -0.05) is 6.92 Å². The third-order valence-corrected chi connectivity index (χ3v) is 3.87. The van der Waals surface area contributed by atoms with Crippen molar-refractivity contribution in [3.63, 3.8) is 0 Å². The van der Waals surface area contributed by atoms with Crippen molar-refractivity contribution >= 4 is 23.1 Å². The van der Waals surface area contributed by atoms with E-state index in [-0.39, 0.29) is 0 Å². The molecule has 0 amide bonds. The minimum atomic E-state index is 0.626. The molecule has 1 fully saturated rings. The highest BCUT2D eigenvalue weighted by Gasteiger charge is 2.18. The Bertz CT molecular complexity index is 425. The van der Waals surface area contributed by atoms with Crippen LogP contribution >= 0.6 is 11.8 Å². The van der Waals surface area contributed by atoms with Crippen LogP contribution in [0.3, 0.4) is 0 Å². The summed E-state index contributed by atoms with van der Waals surface area (Å²) in [5.74, 6) is 1.14. The highest BCUT2D eigenvalue weighted by molar-refractivity contribution is 8.00. The van der Waals surface area contributed by atoms with Gasteiger partial charge in [-0.05, 0) is 18.2 Å². The van der Waals surface area contributed by atoms with Crippen molar-refractivity contribution in [2.75, 3.05) is 29.5 Å². The van der Waals surface area contributed by atoms with E-state index in [0.29, 0.717) is 16.5 Å². The van der Waals surface area contributed by atoms with Crippen molar-refractivity contribution in [1.29, 1.82) is 5.26 Å². The van der Waals surface area contributed by atoms with Crippen molar-refractivity contribution in [3.05, 3.63) is 23.8 Å². The number of hydrogen-bond acceptors (Lipinski definition) is 4. The summed E-state index contributed by atoms with van der Waals surface area (Å²) in [6.07, 6.45) is 0. The molecule has 0 saturated carbocycles. The Labute approximate surface area is 100 Å². The summed E-state index contributed by atoms with van der Waals surface area (Å²) in [6.45, 7) is 4.29. The summed E-state index contributed by atoms with van der Waals surface area (Å²) in [4.78, 5) is 2.30. The third-order valence-electron chi connectivity index (χ3n) is 2.74. The van der Waals surface area contributed by atoms with Gasteiger partial charge in [0.05, 0.1) is 23.0 Å². The van der Waals surface area contributed by atoms with E-state index < -0.39 is 0 Å². The SMILES string of the molecule is CC1CN(c2ccc(C#N)cc2N)CCS1. The molecule has 1 aromatic carbocycles. The summed E-state index contributed by atoms with van der Waals surface area (Å²) in [5.41, 5.74) is 8.37. The molecule has 1 unspecified atom stereocenters. The average Bonchev–Trinajstić information content (AvgIpc) is 2.28. The molecule has 84 valence electrons. The first kappa shape index (κ1) is 11.2. The third kappa shape index (κ3) is 2.25. The van der Waals surface area contributed by atoms with Crippen LogP contribution in [0.15, 0.2) is 18.2 Å². The molecule has 2 rings (SSSR count). The van der Waals surface area contributed by atoms with Gasteiger partial charge in [0.1, 0.15) is 0 Å². The topological polar surface area (TPSA) is 53.0 Å². The zero-order chi connectivity index (χ0) is 11.5. The molecule has 1 saturated heterocycles. The average molecular weight is 233 g/mol. The van der Waals surface area contributed by atoms with Crippen LogP contribution < -0.4 is 10.6 Å². The highest BCUT2D eigenvalue weighted by atomic mass is 32.2. The van der Waals surface area contributed by atoms with E-state index in [9.17, 15) is 0 Å². The van der Waals surface area contributed by atoms with Gasteiger partial charge in [-0.15, -0.1) is 0 Å². The molecule has 1 aliphatic rings. The van der Waals surface area contributed by atoms with Crippen LogP contribution in [0.5, 0.6) is 0 Å². The number of nitriles is 1. The molecule has 0 aromatic heterocycles. The molecule has 0 radical (unpaired) electrons. The summed E-state index contributed by atoms with van der Waals surface area (Å²) >= 11 is 2.00. The largest absolute Gasteiger partial charge is 0.397 e. The Kier molecular flexibility index (Phi) is 3.25. The van der Waals surface area contributed by atoms with Crippen LogP contribution in [0.4, 0.5) is 11.4 Å². The molecule has 16 heavy (non-hydrogen) atoms. The molecular weight excluding hydrogens is 218 g/mol. The van der Waals surface area contributed by atoms with Crippen LogP contribution in [0.25, 0.3) is 0 Å².